The van der Waals surface area contributed by atoms with Crippen molar-refractivity contribution in [3.8, 4) is 0 Å². The number of carbonyl (C=O) groups excluding carboxylic acids is 2. The summed E-state index contributed by atoms with van der Waals surface area (Å²) in [7, 11) is 1.77. The van der Waals surface area contributed by atoms with Gasteiger partial charge < -0.3 is 15.5 Å². The van der Waals surface area contributed by atoms with Crippen LogP contribution >= 0.6 is 24.8 Å². The van der Waals surface area contributed by atoms with E-state index in [0.717, 1.165) is 44.5 Å². The third-order valence-corrected chi connectivity index (χ3v) is 5.37. The highest BCUT2D eigenvalue weighted by molar-refractivity contribution is 5.87. The molecule has 2 aliphatic rings. The summed E-state index contributed by atoms with van der Waals surface area (Å²) in [5.74, 6) is 0.0916. The van der Waals surface area contributed by atoms with Gasteiger partial charge in [0.2, 0.25) is 11.8 Å². The van der Waals surface area contributed by atoms with Crippen LogP contribution in [0.2, 0.25) is 0 Å². The molecule has 1 spiro atoms. The van der Waals surface area contributed by atoms with Gasteiger partial charge in [0.1, 0.15) is 0 Å². The maximum atomic E-state index is 12.3. The van der Waals surface area contributed by atoms with Crippen molar-refractivity contribution >= 4 is 36.6 Å². The molecule has 1 unspecified atom stereocenters. The molecule has 1 saturated carbocycles. The normalized spacial score (nSPS) is 19.7. The lowest BCUT2D eigenvalue weighted by Crippen LogP contribution is -2.40. The van der Waals surface area contributed by atoms with Crippen LogP contribution in [0.3, 0.4) is 0 Å². The first-order valence-electron chi connectivity index (χ1n) is 8.73. The average Bonchev–Trinajstić information content (AvgIpc) is 3.31. The van der Waals surface area contributed by atoms with Crippen LogP contribution in [0.15, 0.2) is 24.4 Å². The molecule has 2 fully saturated rings. The van der Waals surface area contributed by atoms with Crippen molar-refractivity contribution < 1.29 is 9.59 Å². The van der Waals surface area contributed by atoms with Crippen molar-refractivity contribution in [2.45, 2.75) is 25.7 Å². The second-order valence-corrected chi connectivity index (χ2v) is 6.97. The van der Waals surface area contributed by atoms with E-state index in [-0.39, 0.29) is 54.5 Å². The van der Waals surface area contributed by atoms with Crippen molar-refractivity contribution in [1.82, 2.24) is 20.5 Å². The van der Waals surface area contributed by atoms with Crippen LogP contribution in [-0.4, -0.2) is 54.9 Å². The number of hydrogen-bond acceptors (Lipinski definition) is 4. The first-order chi connectivity index (χ1) is 11.6. The van der Waals surface area contributed by atoms with Gasteiger partial charge in [0.15, 0.2) is 0 Å². The minimum Gasteiger partial charge on any atom is -0.347 e. The van der Waals surface area contributed by atoms with Crippen LogP contribution in [0.5, 0.6) is 0 Å². The van der Waals surface area contributed by atoms with Gasteiger partial charge in [-0.1, -0.05) is 6.07 Å². The minimum atomic E-state index is -0.0562. The summed E-state index contributed by atoms with van der Waals surface area (Å²) in [4.78, 5) is 30.3. The number of piperidine rings is 1. The molecule has 6 nitrogen and oxygen atoms in total. The molecule has 1 aliphatic carbocycles. The Morgan fingerprint density at radius 2 is 2.04 bits per heavy atom. The summed E-state index contributed by atoms with van der Waals surface area (Å²) in [6.07, 6.45) is 5.59. The van der Waals surface area contributed by atoms with Crippen LogP contribution in [0.25, 0.3) is 0 Å². The molecular formula is C18H28Cl2N4O2. The lowest BCUT2D eigenvalue weighted by atomic mass is 9.92. The molecule has 146 valence electrons. The summed E-state index contributed by atoms with van der Waals surface area (Å²) >= 11 is 0. The first-order valence-corrected chi connectivity index (χ1v) is 8.73. The van der Waals surface area contributed by atoms with Crippen LogP contribution in [0, 0.1) is 11.3 Å². The predicted molar refractivity (Wildman–Crippen MR) is 106 cm³/mol. The highest BCUT2D eigenvalue weighted by Gasteiger charge is 2.57. The van der Waals surface area contributed by atoms with Crippen LogP contribution in [0.1, 0.15) is 25.0 Å². The fourth-order valence-electron chi connectivity index (χ4n) is 3.57. The number of amides is 2. The zero-order chi connectivity index (χ0) is 17.0. The number of halogens is 2. The molecule has 0 radical (unpaired) electrons. The Morgan fingerprint density at radius 3 is 2.69 bits per heavy atom. The lowest BCUT2D eigenvalue weighted by Gasteiger charge is -2.23. The van der Waals surface area contributed by atoms with Gasteiger partial charge in [-0.2, -0.15) is 0 Å². The van der Waals surface area contributed by atoms with Crippen LogP contribution in [0.4, 0.5) is 0 Å². The molecule has 1 atom stereocenters. The van der Waals surface area contributed by atoms with Gasteiger partial charge in [-0.15, -0.1) is 24.8 Å². The minimum absolute atomic E-state index is 0. The summed E-state index contributed by atoms with van der Waals surface area (Å²) < 4.78 is 0. The van der Waals surface area contributed by atoms with E-state index in [4.69, 9.17) is 0 Å². The molecule has 0 aromatic carbocycles. The Bertz CT molecular complexity index is 594. The van der Waals surface area contributed by atoms with Crippen molar-refractivity contribution in [3.05, 3.63) is 30.1 Å². The highest BCUT2D eigenvalue weighted by atomic mass is 35.5. The molecule has 0 bridgehead atoms. The molecule has 1 aliphatic heterocycles. The van der Waals surface area contributed by atoms with E-state index < -0.39 is 0 Å². The van der Waals surface area contributed by atoms with E-state index in [1.165, 1.54) is 0 Å². The SMILES string of the molecule is CN(CCc1ccccn1)C(=O)CNC(=O)C1CC12CCNCC2.Cl.Cl. The number of pyridine rings is 1. The third-order valence-electron chi connectivity index (χ3n) is 5.37. The topological polar surface area (TPSA) is 74.3 Å². The summed E-state index contributed by atoms with van der Waals surface area (Å²) in [6.45, 7) is 2.69. The van der Waals surface area contributed by atoms with Gasteiger partial charge in [0.25, 0.3) is 0 Å². The summed E-state index contributed by atoms with van der Waals surface area (Å²) in [6, 6.07) is 5.77. The molecule has 2 N–H and O–H groups in total. The summed E-state index contributed by atoms with van der Waals surface area (Å²) in [5.41, 5.74) is 1.18. The maximum absolute atomic E-state index is 12.3. The maximum Gasteiger partial charge on any atom is 0.241 e. The van der Waals surface area contributed by atoms with Gasteiger partial charge in [0.05, 0.1) is 6.54 Å². The monoisotopic (exact) mass is 402 g/mol. The second-order valence-electron chi connectivity index (χ2n) is 6.97. The van der Waals surface area contributed by atoms with Gasteiger partial charge >= 0.3 is 0 Å². The van der Waals surface area contributed by atoms with E-state index in [9.17, 15) is 9.59 Å². The smallest absolute Gasteiger partial charge is 0.241 e. The quantitative estimate of drug-likeness (QED) is 0.754. The van der Waals surface area contributed by atoms with E-state index in [1.807, 2.05) is 18.2 Å². The average molecular weight is 403 g/mol. The predicted octanol–water partition coefficient (Wildman–Crippen LogP) is 1.43. The fourth-order valence-corrected chi connectivity index (χ4v) is 3.57. The first kappa shape index (κ1) is 22.7. The Hall–Kier alpha value is -1.37. The highest BCUT2D eigenvalue weighted by Crippen LogP contribution is 2.58. The molecule has 1 aromatic rings. The lowest BCUT2D eigenvalue weighted by molar-refractivity contribution is -0.132. The van der Waals surface area contributed by atoms with Crippen molar-refractivity contribution in [3.63, 3.8) is 0 Å². The molecule has 2 amide bonds. The Kier molecular flexibility index (Phi) is 8.80. The number of carbonyl (C=O) groups is 2. The van der Waals surface area contributed by atoms with E-state index in [0.29, 0.717) is 6.54 Å². The van der Waals surface area contributed by atoms with Crippen molar-refractivity contribution in [2.75, 3.05) is 33.2 Å². The number of hydrogen-bond donors (Lipinski definition) is 2. The molecule has 1 aromatic heterocycles. The number of nitrogens with one attached hydrogen (secondary N) is 2. The van der Waals surface area contributed by atoms with Crippen LogP contribution in [-0.2, 0) is 16.0 Å². The Balaban J connectivity index is 0.00000169. The third kappa shape index (κ3) is 5.56. The Labute approximate surface area is 167 Å². The number of likely N-dealkylation sites (N-methyl/N-ethyl adjacent to an activating group) is 1. The van der Waals surface area contributed by atoms with E-state index in [1.54, 1.807) is 18.1 Å². The van der Waals surface area contributed by atoms with E-state index in [2.05, 4.69) is 15.6 Å². The zero-order valence-electron chi connectivity index (χ0n) is 15.1. The fraction of sp³-hybridized carbons (Fsp3) is 0.611. The van der Waals surface area contributed by atoms with Crippen LogP contribution < -0.4 is 10.6 Å². The second kappa shape index (κ2) is 10.1. The van der Waals surface area contributed by atoms with Crippen molar-refractivity contribution in [1.29, 1.82) is 0 Å². The number of rotatable bonds is 6. The van der Waals surface area contributed by atoms with E-state index >= 15 is 0 Å². The molecule has 1 saturated heterocycles. The number of nitrogens with zero attached hydrogens (tertiary/aromatic N) is 2. The Morgan fingerprint density at radius 1 is 1.31 bits per heavy atom. The van der Waals surface area contributed by atoms with Gasteiger partial charge in [-0.05, 0) is 49.9 Å². The molecule has 8 heteroatoms. The standard InChI is InChI=1S/C18H26N4O2.2ClH/c1-22(11-5-14-4-2-3-8-20-14)16(23)13-21-17(24)15-12-18(15)6-9-19-10-7-18;;/h2-4,8,15,19H,5-7,9-13H2,1H3,(H,21,24);2*1H. The van der Waals surface area contributed by atoms with Crippen molar-refractivity contribution in [2.24, 2.45) is 11.3 Å². The summed E-state index contributed by atoms with van der Waals surface area (Å²) in [5, 5.41) is 6.16. The number of aromatic nitrogens is 1. The largest absolute Gasteiger partial charge is 0.347 e. The molecule has 3 rings (SSSR count). The molecular weight excluding hydrogens is 375 g/mol. The molecule has 2 heterocycles. The van der Waals surface area contributed by atoms with Gasteiger partial charge in [-0.3, -0.25) is 14.6 Å². The van der Waals surface area contributed by atoms with Gasteiger partial charge in [-0.25, -0.2) is 0 Å². The van der Waals surface area contributed by atoms with Gasteiger partial charge in [0, 0.05) is 37.8 Å². The molecule has 26 heavy (non-hydrogen) atoms. The zero-order valence-corrected chi connectivity index (χ0v) is 16.7.